The van der Waals surface area contributed by atoms with Crippen LogP contribution in [0.2, 0.25) is 0 Å². The van der Waals surface area contributed by atoms with Gasteiger partial charge in [-0.15, -0.1) is 11.3 Å². The van der Waals surface area contributed by atoms with Gasteiger partial charge < -0.3 is 16.2 Å². The predicted octanol–water partition coefficient (Wildman–Crippen LogP) is 3.53. The zero-order valence-corrected chi connectivity index (χ0v) is 14.5. The lowest BCUT2D eigenvalue weighted by atomic mass is 9.95. The lowest BCUT2D eigenvalue weighted by Crippen LogP contribution is -2.46. The Labute approximate surface area is 136 Å². The second kappa shape index (κ2) is 6.34. The molecule has 0 aliphatic rings. The van der Waals surface area contributed by atoms with Crippen LogP contribution in [0.15, 0.2) is 22.7 Å². The van der Waals surface area contributed by atoms with Crippen molar-refractivity contribution in [2.45, 2.75) is 32.2 Å². The Hall–Kier alpha value is -1.11. The zero-order valence-electron chi connectivity index (χ0n) is 12.1. The maximum Gasteiger partial charge on any atom is 0.263 e. The minimum Gasteiger partial charge on any atom is -0.397 e. The van der Waals surface area contributed by atoms with E-state index in [0.717, 1.165) is 21.0 Å². The van der Waals surface area contributed by atoms with Crippen molar-refractivity contribution in [2.24, 2.45) is 0 Å². The number of hydrogen-bond donors (Lipinski definition) is 3. The van der Waals surface area contributed by atoms with Gasteiger partial charge in [0, 0.05) is 26.7 Å². The first-order chi connectivity index (χ1) is 9.91. The molecule has 2 rings (SSSR count). The molecule has 1 aromatic heterocycles. The fourth-order valence-electron chi connectivity index (χ4n) is 2.20. The molecule has 1 heterocycles. The molecule has 0 saturated carbocycles. The fraction of sp³-hybridized carbons (Fsp3) is 0.400. The van der Waals surface area contributed by atoms with Gasteiger partial charge in [-0.3, -0.25) is 4.79 Å². The van der Waals surface area contributed by atoms with E-state index in [2.05, 4.69) is 21.2 Å². The molecular weight excluding hydrogens is 352 g/mol. The number of hydrogen-bond acceptors (Lipinski definition) is 4. The van der Waals surface area contributed by atoms with E-state index in [4.69, 9.17) is 10.8 Å². The van der Waals surface area contributed by atoms with Gasteiger partial charge in [0.25, 0.3) is 5.91 Å². The second-order valence-electron chi connectivity index (χ2n) is 5.30. The number of aliphatic hydroxyl groups excluding tert-OH is 1. The average molecular weight is 371 g/mol. The van der Waals surface area contributed by atoms with E-state index >= 15 is 0 Å². The lowest BCUT2D eigenvalue weighted by molar-refractivity contribution is 0.0891. The number of anilines is 1. The number of rotatable bonds is 5. The third-order valence-electron chi connectivity index (χ3n) is 3.77. The van der Waals surface area contributed by atoms with E-state index in [1.807, 2.05) is 32.0 Å². The van der Waals surface area contributed by atoms with Crippen molar-refractivity contribution in [1.29, 1.82) is 0 Å². The summed E-state index contributed by atoms with van der Waals surface area (Å²) < 4.78 is 1.87. The van der Waals surface area contributed by atoms with Crippen LogP contribution in [0.3, 0.4) is 0 Å². The first-order valence-corrected chi connectivity index (χ1v) is 8.42. The Morgan fingerprint density at radius 2 is 2.24 bits per heavy atom. The molecule has 0 aliphatic heterocycles. The molecule has 0 aliphatic carbocycles. The molecule has 0 bridgehead atoms. The van der Waals surface area contributed by atoms with Gasteiger partial charge in [0.05, 0.1) is 5.69 Å². The zero-order chi connectivity index (χ0) is 15.6. The monoisotopic (exact) mass is 370 g/mol. The summed E-state index contributed by atoms with van der Waals surface area (Å²) in [5.41, 5.74) is 6.22. The minimum atomic E-state index is -0.425. The standard InChI is InChI=1S/C15H19BrN2O2S/c1-3-15(2,7-8-19)18-14(20)13-12(17)11-9(16)5-4-6-10(11)21-13/h4-6,19H,3,7-8,17H2,1-2H3,(H,18,20). The molecule has 1 amide bonds. The number of amides is 1. The Balaban J connectivity index is 2.36. The summed E-state index contributed by atoms with van der Waals surface area (Å²) in [4.78, 5) is 13.0. The highest BCUT2D eigenvalue weighted by atomic mass is 79.9. The first kappa shape index (κ1) is 16.3. The van der Waals surface area contributed by atoms with Gasteiger partial charge in [0.1, 0.15) is 4.88 Å². The summed E-state index contributed by atoms with van der Waals surface area (Å²) in [6.45, 7) is 3.96. The van der Waals surface area contributed by atoms with E-state index in [-0.39, 0.29) is 12.5 Å². The number of carbonyl (C=O) groups is 1. The normalized spacial score (nSPS) is 14.1. The number of carbonyl (C=O) groups excluding carboxylic acids is 1. The van der Waals surface area contributed by atoms with E-state index in [1.165, 1.54) is 11.3 Å². The number of thiophene rings is 1. The molecule has 4 N–H and O–H groups in total. The van der Waals surface area contributed by atoms with Gasteiger partial charge in [0.2, 0.25) is 0 Å². The number of nitrogens with two attached hydrogens (primary N) is 1. The number of benzene rings is 1. The lowest BCUT2D eigenvalue weighted by Gasteiger charge is -2.28. The topological polar surface area (TPSA) is 75.3 Å². The van der Waals surface area contributed by atoms with Crippen molar-refractivity contribution >= 4 is 48.9 Å². The third-order valence-corrected chi connectivity index (χ3v) is 5.60. The number of nitrogen functional groups attached to an aromatic ring is 1. The van der Waals surface area contributed by atoms with Crippen molar-refractivity contribution < 1.29 is 9.90 Å². The van der Waals surface area contributed by atoms with Gasteiger partial charge in [-0.05, 0) is 31.9 Å². The Morgan fingerprint density at radius 3 is 2.81 bits per heavy atom. The first-order valence-electron chi connectivity index (χ1n) is 6.81. The molecule has 21 heavy (non-hydrogen) atoms. The number of fused-ring (bicyclic) bond motifs is 1. The molecule has 0 fully saturated rings. The largest absolute Gasteiger partial charge is 0.397 e. The van der Waals surface area contributed by atoms with Crippen LogP contribution in [0.4, 0.5) is 5.69 Å². The highest BCUT2D eigenvalue weighted by Crippen LogP contribution is 2.38. The summed E-state index contributed by atoms with van der Waals surface area (Å²) in [6, 6.07) is 5.78. The van der Waals surface area contributed by atoms with Crippen molar-refractivity contribution in [1.82, 2.24) is 5.32 Å². The smallest absolute Gasteiger partial charge is 0.263 e. The van der Waals surface area contributed by atoms with Gasteiger partial charge in [-0.25, -0.2) is 0 Å². The van der Waals surface area contributed by atoms with Crippen molar-refractivity contribution in [2.75, 3.05) is 12.3 Å². The highest BCUT2D eigenvalue weighted by molar-refractivity contribution is 9.10. The molecule has 114 valence electrons. The molecule has 1 aromatic carbocycles. The van der Waals surface area contributed by atoms with Gasteiger partial charge in [-0.2, -0.15) is 0 Å². The number of halogens is 1. The molecule has 2 aromatic rings. The van der Waals surface area contributed by atoms with Crippen molar-refractivity contribution in [3.63, 3.8) is 0 Å². The van der Waals surface area contributed by atoms with E-state index < -0.39 is 5.54 Å². The van der Waals surface area contributed by atoms with Crippen molar-refractivity contribution in [3.8, 4) is 0 Å². The summed E-state index contributed by atoms with van der Waals surface area (Å²) in [7, 11) is 0. The quantitative estimate of drug-likeness (QED) is 0.753. The van der Waals surface area contributed by atoms with Crippen LogP contribution >= 0.6 is 27.3 Å². The number of aliphatic hydroxyl groups is 1. The van der Waals surface area contributed by atoms with Gasteiger partial charge in [-0.1, -0.05) is 28.9 Å². The molecule has 1 unspecified atom stereocenters. The van der Waals surface area contributed by atoms with E-state index in [0.29, 0.717) is 17.0 Å². The Kier molecular flexibility index (Phi) is 4.91. The van der Waals surface area contributed by atoms with Crippen molar-refractivity contribution in [3.05, 3.63) is 27.5 Å². The highest BCUT2D eigenvalue weighted by Gasteiger charge is 2.26. The van der Waals surface area contributed by atoms with Crippen LogP contribution in [-0.4, -0.2) is 23.2 Å². The number of nitrogens with one attached hydrogen (secondary N) is 1. The summed E-state index contributed by atoms with van der Waals surface area (Å²) in [5, 5.41) is 13.0. The fourth-order valence-corrected chi connectivity index (χ4v) is 3.96. The van der Waals surface area contributed by atoms with Crippen LogP contribution < -0.4 is 11.1 Å². The Morgan fingerprint density at radius 1 is 1.52 bits per heavy atom. The van der Waals surface area contributed by atoms with Crippen LogP contribution in [0.25, 0.3) is 10.1 Å². The third kappa shape index (κ3) is 3.22. The van der Waals surface area contributed by atoms with Gasteiger partial charge in [0.15, 0.2) is 0 Å². The summed E-state index contributed by atoms with van der Waals surface area (Å²) in [6.07, 6.45) is 1.26. The molecule has 6 heteroatoms. The van der Waals surface area contributed by atoms with Crippen LogP contribution in [-0.2, 0) is 0 Å². The van der Waals surface area contributed by atoms with E-state index in [1.54, 1.807) is 0 Å². The van der Waals surface area contributed by atoms with Gasteiger partial charge >= 0.3 is 0 Å². The molecule has 4 nitrogen and oxygen atoms in total. The SMILES string of the molecule is CCC(C)(CCO)NC(=O)c1sc2cccc(Br)c2c1N. The minimum absolute atomic E-state index is 0.0397. The van der Waals surface area contributed by atoms with E-state index in [9.17, 15) is 4.79 Å². The summed E-state index contributed by atoms with van der Waals surface area (Å²) in [5.74, 6) is -0.182. The molecule has 0 saturated heterocycles. The average Bonchev–Trinajstić information content (AvgIpc) is 2.78. The molecule has 0 radical (unpaired) electrons. The summed E-state index contributed by atoms with van der Waals surface area (Å²) >= 11 is 4.86. The molecule has 0 spiro atoms. The maximum absolute atomic E-state index is 12.5. The predicted molar refractivity (Wildman–Crippen MR) is 91.8 cm³/mol. The second-order valence-corrected chi connectivity index (χ2v) is 7.21. The van der Waals surface area contributed by atoms with Crippen LogP contribution in [0.1, 0.15) is 36.4 Å². The Bertz CT molecular complexity index is 671. The van der Waals surface area contributed by atoms with Crippen LogP contribution in [0.5, 0.6) is 0 Å². The maximum atomic E-state index is 12.5. The van der Waals surface area contributed by atoms with Crippen LogP contribution in [0, 0.1) is 0 Å². The molecular formula is C15H19BrN2O2S. The molecule has 1 atom stereocenters.